The fourth-order valence-electron chi connectivity index (χ4n) is 5.73. The number of hydrogen-bond donors (Lipinski definition) is 2. The van der Waals surface area contributed by atoms with Crippen LogP contribution in [0.1, 0.15) is 77.0 Å². The fourth-order valence-corrected chi connectivity index (χ4v) is 5.73. The van der Waals surface area contributed by atoms with Crippen molar-refractivity contribution in [3.8, 4) is 0 Å². The second-order valence-corrected chi connectivity index (χ2v) is 8.17. The Kier molecular flexibility index (Phi) is 5.61. The monoisotopic (exact) mass is 293 g/mol. The Morgan fingerprint density at radius 3 is 2.14 bits per heavy atom. The van der Waals surface area contributed by atoms with E-state index in [1.165, 1.54) is 77.0 Å². The van der Waals surface area contributed by atoms with Gasteiger partial charge in [-0.1, -0.05) is 44.9 Å². The van der Waals surface area contributed by atoms with E-state index >= 15 is 0 Å². The summed E-state index contributed by atoms with van der Waals surface area (Å²) in [5, 5.41) is 10.9. The zero-order valence-electron chi connectivity index (χ0n) is 13.7. The average Bonchev–Trinajstić information content (AvgIpc) is 2.56. The van der Waals surface area contributed by atoms with Gasteiger partial charge in [-0.25, -0.2) is 0 Å². The molecule has 0 spiro atoms. The summed E-state index contributed by atoms with van der Waals surface area (Å²) in [4.78, 5) is 0. The van der Waals surface area contributed by atoms with Crippen LogP contribution in [0.5, 0.6) is 0 Å². The van der Waals surface area contributed by atoms with Crippen LogP contribution in [0.4, 0.5) is 0 Å². The van der Waals surface area contributed by atoms with Crippen LogP contribution >= 0.6 is 0 Å². The van der Waals surface area contributed by atoms with E-state index < -0.39 is 0 Å². The molecule has 21 heavy (non-hydrogen) atoms. The lowest BCUT2D eigenvalue weighted by Crippen LogP contribution is -2.42. The molecule has 0 aliphatic heterocycles. The quantitative estimate of drug-likeness (QED) is 0.819. The molecule has 3 fully saturated rings. The van der Waals surface area contributed by atoms with Crippen molar-refractivity contribution in [2.75, 3.05) is 6.54 Å². The minimum Gasteiger partial charge on any atom is -0.392 e. The highest BCUT2D eigenvalue weighted by Gasteiger charge is 2.39. The first-order valence-corrected chi connectivity index (χ1v) is 9.67. The van der Waals surface area contributed by atoms with Gasteiger partial charge in [-0.2, -0.15) is 0 Å². The third kappa shape index (κ3) is 3.64. The summed E-state index contributed by atoms with van der Waals surface area (Å²) in [5.74, 6) is 3.56. The molecule has 2 nitrogen and oxygen atoms in total. The molecule has 3 saturated carbocycles. The minimum atomic E-state index is -0.125. The lowest BCUT2D eigenvalue weighted by molar-refractivity contribution is -0.0118. The number of rotatable bonds is 4. The summed E-state index contributed by atoms with van der Waals surface area (Å²) in [6, 6.07) is 0. The van der Waals surface area contributed by atoms with Gasteiger partial charge in [-0.05, 0) is 62.3 Å². The molecule has 0 aromatic heterocycles. The van der Waals surface area contributed by atoms with Gasteiger partial charge in [0.1, 0.15) is 0 Å². The summed E-state index contributed by atoms with van der Waals surface area (Å²) in [6.45, 7) is 0.694. The van der Waals surface area contributed by atoms with E-state index in [0.717, 1.165) is 11.8 Å². The normalized spacial score (nSPS) is 37.7. The summed E-state index contributed by atoms with van der Waals surface area (Å²) in [5.41, 5.74) is 6.12. The van der Waals surface area contributed by atoms with Crippen molar-refractivity contribution >= 4 is 0 Å². The van der Waals surface area contributed by atoms with E-state index in [-0.39, 0.29) is 6.10 Å². The van der Waals surface area contributed by atoms with E-state index in [9.17, 15) is 5.11 Å². The molecule has 0 aromatic rings. The molecule has 0 aromatic carbocycles. The van der Waals surface area contributed by atoms with Gasteiger partial charge in [0.2, 0.25) is 0 Å². The molecule has 0 saturated heterocycles. The number of aliphatic hydroxyl groups excluding tert-OH is 1. The molecule has 3 unspecified atom stereocenters. The van der Waals surface area contributed by atoms with Crippen molar-refractivity contribution in [1.82, 2.24) is 0 Å². The molecule has 3 N–H and O–H groups in total. The van der Waals surface area contributed by atoms with Gasteiger partial charge in [0.25, 0.3) is 0 Å². The van der Waals surface area contributed by atoms with Gasteiger partial charge < -0.3 is 10.8 Å². The van der Waals surface area contributed by atoms with E-state index in [2.05, 4.69) is 0 Å². The molecular formula is C19H35NO. The number of fused-ring (bicyclic) bond motifs is 1. The predicted molar refractivity (Wildman–Crippen MR) is 87.9 cm³/mol. The van der Waals surface area contributed by atoms with Crippen LogP contribution in [0.2, 0.25) is 0 Å². The average molecular weight is 293 g/mol. The lowest BCUT2D eigenvalue weighted by atomic mass is 9.63. The molecule has 2 heteroatoms. The van der Waals surface area contributed by atoms with Crippen LogP contribution < -0.4 is 5.73 Å². The van der Waals surface area contributed by atoms with Crippen LogP contribution in [0.25, 0.3) is 0 Å². The van der Waals surface area contributed by atoms with E-state index in [1.807, 2.05) is 0 Å². The van der Waals surface area contributed by atoms with Crippen LogP contribution in [0.3, 0.4) is 0 Å². The Balaban J connectivity index is 1.59. The largest absolute Gasteiger partial charge is 0.392 e. The van der Waals surface area contributed by atoms with Crippen LogP contribution in [0.15, 0.2) is 0 Å². The zero-order chi connectivity index (χ0) is 14.7. The van der Waals surface area contributed by atoms with E-state index in [0.29, 0.717) is 24.3 Å². The molecule has 0 amide bonds. The van der Waals surface area contributed by atoms with Gasteiger partial charge in [0.05, 0.1) is 6.10 Å². The van der Waals surface area contributed by atoms with Crippen molar-refractivity contribution < 1.29 is 5.11 Å². The second-order valence-electron chi connectivity index (χ2n) is 8.17. The number of nitrogens with two attached hydrogens (primary N) is 1. The Labute approximate surface area is 130 Å². The minimum absolute atomic E-state index is 0.125. The van der Waals surface area contributed by atoms with Gasteiger partial charge in [0.15, 0.2) is 0 Å². The molecular weight excluding hydrogens is 258 g/mol. The Bertz CT molecular complexity index is 313. The standard InChI is InChI=1S/C19H35NO/c20-13-18(19(21)15-7-2-1-3-8-15)17-11-10-14-6-4-5-9-16(14)12-17/h14-19,21H,1-13,20H2/t14?,16?,17?,18-,19-/m0/s1. The van der Waals surface area contributed by atoms with E-state index in [1.54, 1.807) is 0 Å². The molecule has 122 valence electrons. The molecule has 0 heterocycles. The van der Waals surface area contributed by atoms with Crippen molar-refractivity contribution in [2.45, 2.75) is 83.2 Å². The van der Waals surface area contributed by atoms with Crippen molar-refractivity contribution in [2.24, 2.45) is 35.3 Å². The lowest BCUT2D eigenvalue weighted by Gasteiger charge is -2.44. The maximum atomic E-state index is 10.9. The molecule has 0 bridgehead atoms. The first-order chi connectivity index (χ1) is 10.3. The third-order valence-electron chi connectivity index (χ3n) is 7.03. The maximum absolute atomic E-state index is 10.9. The first-order valence-electron chi connectivity index (χ1n) is 9.67. The summed E-state index contributed by atoms with van der Waals surface area (Å²) < 4.78 is 0. The van der Waals surface area contributed by atoms with E-state index in [4.69, 9.17) is 5.73 Å². The van der Waals surface area contributed by atoms with Crippen LogP contribution in [-0.4, -0.2) is 17.8 Å². The smallest absolute Gasteiger partial charge is 0.0611 e. The van der Waals surface area contributed by atoms with Gasteiger partial charge >= 0.3 is 0 Å². The van der Waals surface area contributed by atoms with Gasteiger partial charge in [-0.3, -0.25) is 0 Å². The Morgan fingerprint density at radius 2 is 1.43 bits per heavy atom. The SMILES string of the molecule is NC[C@@H](C1CCC2CCCCC2C1)[C@@H](O)C1CCCCC1. The fraction of sp³-hybridized carbons (Fsp3) is 1.00. The first kappa shape index (κ1) is 15.8. The van der Waals surface area contributed by atoms with Gasteiger partial charge in [-0.15, -0.1) is 0 Å². The van der Waals surface area contributed by atoms with Crippen molar-refractivity contribution in [3.63, 3.8) is 0 Å². The maximum Gasteiger partial charge on any atom is 0.0611 e. The number of hydrogen-bond acceptors (Lipinski definition) is 2. The summed E-state index contributed by atoms with van der Waals surface area (Å²) >= 11 is 0. The molecule has 0 radical (unpaired) electrons. The topological polar surface area (TPSA) is 46.2 Å². The van der Waals surface area contributed by atoms with Crippen LogP contribution in [0, 0.1) is 29.6 Å². The predicted octanol–water partition coefficient (Wildman–Crippen LogP) is 4.11. The molecule has 5 atom stereocenters. The van der Waals surface area contributed by atoms with Gasteiger partial charge in [0, 0.05) is 5.92 Å². The molecule has 3 aliphatic carbocycles. The summed E-state index contributed by atoms with van der Waals surface area (Å²) in [6.07, 6.45) is 16.2. The summed E-state index contributed by atoms with van der Waals surface area (Å²) in [7, 11) is 0. The van der Waals surface area contributed by atoms with Crippen LogP contribution in [-0.2, 0) is 0 Å². The van der Waals surface area contributed by atoms with Crippen molar-refractivity contribution in [1.29, 1.82) is 0 Å². The number of aliphatic hydroxyl groups is 1. The Morgan fingerprint density at radius 1 is 0.762 bits per heavy atom. The zero-order valence-corrected chi connectivity index (χ0v) is 13.7. The highest BCUT2D eigenvalue weighted by molar-refractivity contribution is 4.90. The highest BCUT2D eigenvalue weighted by atomic mass is 16.3. The molecule has 3 aliphatic rings. The Hall–Kier alpha value is -0.0800. The van der Waals surface area contributed by atoms with Crippen molar-refractivity contribution in [3.05, 3.63) is 0 Å². The highest BCUT2D eigenvalue weighted by Crippen LogP contribution is 2.46. The molecule has 3 rings (SSSR count). The second kappa shape index (κ2) is 7.46. The third-order valence-corrected chi connectivity index (χ3v) is 7.03.